The maximum atomic E-state index is 10.8. The Balaban J connectivity index is 5.10. The second-order valence-electron chi connectivity index (χ2n) is 2.85. The van der Waals surface area contributed by atoms with E-state index in [9.17, 15) is 19.8 Å². The molecule has 0 radical (unpaired) electrons. The number of hydrogen-bond acceptors (Lipinski definition) is 4. The van der Waals surface area contributed by atoms with Crippen LogP contribution < -0.4 is 10.2 Å². The van der Waals surface area contributed by atoms with Crippen molar-refractivity contribution in [1.29, 1.82) is 0 Å². The highest BCUT2D eigenvalue weighted by Gasteiger charge is 2.29. The van der Waals surface area contributed by atoms with Crippen LogP contribution in [0.5, 0.6) is 0 Å². The van der Waals surface area contributed by atoms with Crippen LogP contribution in [0.15, 0.2) is 0 Å². The number of nitrogens with zero attached hydrogens (tertiary/aromatic N) is 2. The van der Waals surface area contributed by atoms with Crippen molar-refractivity contribution in [3.8, 4) is 0 Å². The fraction of sp³-hybridized carbons (Fsp3) is 0.750. The van der Waals surface area contributed by atoms with Crippen LogP contribution in [0.4, 0.5) is 9.59 Å². The maximum Gasteiger partial charge on any atom is 0.146 e. The van der Waals surface area contributed by atoms with E-state index in [0.29, 0.717) is 0 Å². The highest BCUT2D eigenvalue weighted by Crippen LogP contribution is 2.18. The summed E-state index contributed by atoms with van der Waals surface area (Å²) in [4.78, 5) is 21.8. The number of carbonyl (C=O) groups excluding carboxylic acids is 2. The van der Waals surface area contributed by atoms with Crippen molar-refractivity contribution in [3.05, 3.63) is 0 Å². The van der Waals surface area contributed by atoms with Gasteiger partial charge in [-0.25, -0.2) is 0 Å². The summed E-state index contributed by atoms with van der Waals surface area (Å²) in [5.41, 5.74) is 0. The molecule has 0 aromatic heterocycles. The van der Waals surface area contributed by atoms with Gasteiger partial charge in [0.05, 0.1) is 0 Å². The van der Waals surface area contributed by atoms with Crippen molar-refractivity contribution < 1.29 is 19.8 Å². The molecule has 16 heavy (non-hydrogen) atoms. The molecule has 94 valence electrons. The van der Waals surface area contributed by atoms with E-state index in [1.165, 1.54) is 13.8 Å². The minimum absolute atomic E-state index is 0.00667. The van der Waals surface area contributed by atoms with Gasteiger partial charge in [-0.2, -0.15) is 0 Å². The molecule has 0 aromatic rings. The van der Waals surface area contributed by atoms with E-state index >= 15 is 0 Å². The van der Waals surface area contributed by atoms with Gasteiger partial charge in [-0.15, -0.1) is 23.2 Å². The first-order valence-corrected chi connectivity index (χ1v) is 5.47. The molecule has 0 aliphatic carbocycles. The van der Waals surface area contributed by atoms with Gasteiger partial charge in [0.15, 0.2) is 0 Å². The molecule has 6 nitrogen and oxygen atoms in total. The molecule has 0 saturated carbocycles. The fourth-order valence-electron chi connectivity index (χ4n) is 1.29. The average Bonchev–Trinajstić information content (AvgIpc) is 2.16. The molecule has 0 N–H and O–H groups in total. The Morgan fingerprint density at radius 2 is 1.38 bits per heavy atom. The van der Waals surface area contributed by atoms with Crippen molar-refractivity contribution in [2.45, 2.75) is 24.8 Å². The molecular formula is C8H12Cl2N2O4-2. The average molecular weight is 271 g/mol. The molecule has 0 fully saturated rings. The number of carboxylic acid groups (broad SMARTS) is 2. The number of hydrogen-bond donors (Lipinski definition) is 0. The van der Waals surface area contributed by atoms with Crippen LogP contribution in [0, 0.1) is 0 Å². The lowest BCUT2D eigenvalue weighted by atomic mass is 10.4. The molecule has 0 aromatic carbocycles. The summed E-state index contributed by atoms with van der Waals surface area (Å²) < 4.78 is 0. The third-order valence-electron chi connectivity index (χ3n) is 2.01. The van der Waals surface area contributed by atoms with Gasteiger partial charge in [0, 0.05) is 13.1 Å². The van der Waals surface area contributed by atoms with E-state index in [4.69, 9.17) is 23.2 Å². The van der Waals surface area contributed by atoms with Crippen molar-refractivity contribution >= 4 is 35.4 Å². The Bertz CT molecular complexity index is 240. The first kappa shape index (κ1) is 15.1. The van der Waals surface area contributed by atoms with Crippen LogP contribution in [-0.4, -0.2) is 46.1 Å². The first-order valence-electron chi connectivity index (χ1n) is 4.60. The summed E-state index contributed by atoms with van der Waals surface area (Å²) in [7, 11) is 0. The smallest absolute Gasteiger partial charge is 0.146 e. The molecule has 0 heterocycles. The molecular weight excluding hydrogens is 259 g/mol. The Hall–Kier alpha value is -0.880. The molecule has 0 aliphatic rings. The second-order valence-corrected chi connectivity index (χ2v) is 4.02. The van der Waals surface area contributed by atoms with Crippen LogP contribution in [0.3, 0.4) is 0 Å². The lowest BCUT2D eigenvalue weighted by Crippen LogP contribution is -2.61. The van der Waals surface area contributed by atoms with Gasteiger partial charge < -0.3 is 29.6 Å². The lowest BCUT2D eigenvalue weighted by Gasteiger charge is -2.42. The molecule has 2 amide bonds. The summed E-state index contributed by atoms with van der Waals surface area (Å²) in [6.07, 6.45) is -4.31. The molecule has 0 atom stereocenters. The van der Waals surface area contributed by atoms with Crippen LogP contribution in [0.1, 0.15) is 13.8 Å². The van der Waals surface area contributed by atoms with Crippen LogP contribution in [0.2, 0.25) is 0 Å². The zero-order chi connectivity index (χ0) is 12.9. The van der Waals surface area contributed by atoms with E-state index in [1.54, 1.807) is 0 Å². The summed E-state index contributed by atoms with van der Waals surface area (Å²) >= 11 is 11.2. The molecule has 0 rings (SSSR count). The minimum atomic E-state index is -1.54. The highest BCUT2D eigenvalue weighted by molar-refractivity contribution is 6.44. The highest BCUT2D eigenvalue weighted by atomic mass is 35.5. The Morgan fingerprint density at radius 1 is 1.06 bits per heavy atom. The standard InChI is InChI=1S/C8H14Cl2N2O4/c1-3-11(7(13)14)6(5(9)10)12(4-2)8(15)16/h5-6H,3-4H2,1-2H3,(H,13,14)(H,15,16)/p-2. The van der Waals surface area contributed by atoms with E-state index < -0.39 is 23.2 Å². The predicted molar refractivity (Wildman–Crippen MR) is 54.8 cm³/mol. The number of halogens is 2. The van der Waals surface area contributed by atoms with Gasteiger partial charge in [-0.1, -0.05) is 0 Å². The van der Waals surface area contributed by atoms with Crippen molar-refractivity contribution in [2.75, 3.05) is 13.1 Å². The van der Waals surface area contributed by atoms with Crippen LogP contribution in [0.25, 0.3) is 0 Å². The van der Waals surface area contributed by atoms with Gasteiger partial charge in [0.1, 0.15) is 23.2 Å². The molecule has 0 aliphatic heterocycles. The second kappa shape index (κ2) is 6.65. The van der Waals surface area contributed by atoms with Gasteiger partial charge in [0.25, 0.3) is 0 Å². The van der Waals surface area contributed by atoms with Crippen LogP contribution >= 0.6 is 23.2 Å². The summed E-state index contributed by atoms with van der Waals surface area (Å²) in [5.74, 6) is 0. The Morgan fingerprint density at radius 3 is 1.50 bits per heavy atom. The first-order chi connectivity index (χ1) is 7.36. The Labute approximate surface area is 103 Å². The molecule has 0 saturated heterocycles. The van der Waals surface area contributed by atoms with Crippen molar-refractivity contribution in [1.82, 2.24) is 9.80 Å². The van der Waals surface area contributed by atoms with Gasteiger partial charge in [-0.05, 0) is 13.8 Å². The zero-order valence-corrected chi connectivity index (χ0v) is 10.4. The van der Waals surface area contributed by atoms with Gasteiger partial charge >= 0.3 is 0 Å². The van der Waals surface area contributed by atoms with Crippen molar-refractivity contribution in [2.24, 2.45) is 0 Å². The van der Waals surface area contributed by atoms with Gasteiger partial charge in [-0.3, -0.25) is 0 Å². The summed E-state index contributed by atoms with van der Waals surface area (Å²) in [6, 6.07) is 0. The van der Waals surface area contributed by atoms with E-state index in [1.807, 2.05) is 0 Å². The molecule has 0 spiro atoms. The number of carbonyl (C=O) groups is 2. The van der Waals surface area contributed by atoms with Crippen molar-refractivity contribution in [3.63, 3.8) is 0 Å². The van der Waals surface area contributed by atoms with Crippen LogP contribution in [-0.2, 0) is 0 Å². The molecule has 0 bridgehead atoms. The minimum Gasteiger partial charge on any atom is -0.530 e. The molecule has 0 unspecified atom stereocenters. The third-order valence-corrected chi connectivity index (χ3v) is 2.47. The monoisotopic (exact) mass is 270 g/mol. The van der Waals surface area contributed by atoms with E-state index in [0.717, 1.165) is 9.80 Å². The quantitative estimate of drug-likeness (QED) is 0.495. The van der Waals surface area contributed by atoms with E-state index in [2.05, 4.69) is 0 Å². The lowest BCUT2D eigenvalue weighted by molar-refractivity contribution is -0.281. The summed E-state index contributed by atoms with van der Waals surface area (Å²) in [5, 5.41) is 21.6. The third kappa shape index (κ3) is 3.61. The van der Waals surface area contributed by atoms with E-state index in [-0.39, 0.29) is 13.1 Å². The molecule has 8 heteroatoms. The number of rotatable bonds is 5. The topological polar surface area (TPSA) is 86.7 Å². The number of amides is 2. The van der Waals surface area contributed by atoms with Gasteiger partial charge in [0.2, 0.25) is 0 Å². The summed E-state index contributed by atoms with van der Waals surface area (Å²) in [6.45, 7) is 3.05. The normalized spacial score (nSPS) is 10.6. The fourth-order valence-corrected chi connectivity index (χ4v) is 1.83. The largest absolute Gasteiger partial charge is 0.530 e. The number of alkyl halides is 2. The predicted octanol–water partition coefficient (Wildman–Crippen LogP) is -0.553. The zero-order valence-electron chi connectivity index (χ0n) is 8.85. The Kier molecular flexibility index (Phi) is 6.28. The SMILES string of the molecule is CCN(C(=O)[O-])C(C(Cl)Cl)N(CC)C(=O)[O-]. The maximum absolute atomic E-state index is 10.8.